The Morgan fingerprint density at radius 1 is 1.27 bits per heavy atom. The minimum absolute atomic E-state index is 0.00875. The van der Waals surface area contributed by atoms with Crippen LogP contribution < -0.4 is 0 Å². The molecular weight excluding hydrogens is 344 g/mol. The fourth-order valence-corrected chi connectivity index (χ4v) is 4.93. The Morgan fingerprint density at radius 3 is 2.88 bits per heavy atom. The molecular formula is C21H22N2O2S. The standard InChI is InChI=1S/C21H22N2O2S/c1-14-6-4-7-15(12-14)19(23-11-5-8-16(13-23)21(24)25)20-22-17-9-2-3-10-18(17)26-20/h2-4,6-7,9-10,12,16,19H,5,8,11,13H2,1H3,(H,24,25). The summed E-state index contributed by atoms with van der Waals surface area (Å²) in [6.07, 6.45) is 1.66. The molecule has 2 unspecified atom stereocenters. The van der Waals surface area contributed by atoms with Gasteiger partial charge in [-0.15, -0.1) is 11.3 Å². The highest BCUT2D eigenvalue weighted by Crippen LogP contribution is 2.36. The van der Waals surface area contributed by atoms with Gasteiger partial charge in [-0.1, -0.05) is 42.0 Å². The lowest BCUT2D eigenvalue weighted by Crippen LogP contribution is -2.41. The Hall–Kier alpha value is -2.24. The molecule has 1 saturated heterocycles. The molecule has 0 bridgehead atoms. The summed E-state index contributed by atoms with van der Waals surface area (Å²) < 4.78 is 1.17. The molecule has 0 saturated carbocycles. The summed E-state index contributed by atoms with van der Waals surface area (Å²) in [7, 11) is 0. The van der Waals surface area contributed by atoms with Crippen molar-refractivity contribution < 1.29 is 9.90 Å². The minimum atomic E-state index is -0.693. The molecule has 1 N–H and O–H groups in total. The molecule has 3 aromatic rings. The summed E-state index contributed by atoms with van der Waals surface area (Å²) in [5, 5.41) is 10.5. The van der Waals surface area contributed by atoms with E-state index >= 15 is 0 Å². The maximum atomic E-state index is 11.6. The molecule has 2 heterocycles. The smallest absolute Gasteiger partial charge is 0.307 e. The molecule has 0 radical (unpaired) electrons. The maximum absolute atomic E-state index is 11.6. The zero-order valence-corrected chi connectivity index (χ0v) is 15.6. The average Bonchev–Trinajstić information content (AvgIpc) is 3.05. The normalized spacial score (nSPS) is 19.5. The summed E-state index contributed by atoms with van der Waals surface area (Å²) in [5.41, 5.74) is 3.41. The molecule has 134 valence electrons. The first-order chi connectivity index (χ1) is 12.6. The number of hydrogen-bond donors (Lipinski definition) is 1. The lowest BCUT2D eigenvalue weighted by Gasteiger charge is -2.36. The zero-order valence-electron chi connectivity index (χ0n) is 14.8. The van der Waals surface area contributed by atoms with Crippen LogP contribution in [0.25, 0.3) is 10.2 Å². The fraction of sp³-hybridized carbons (Fsp3) is 0.333. The average molecular weight is 366 g/mol. The number of piperidine rings is 1. The number of rotatable bonds is 4. The minimum Gasteiger partial charge on any atom is -0.481 e. The predicted octanol–water partition coefficient (Wildman–Crippen LogP) is 4.49. The van der Waals surface area contributed by atoms with Crippen LogP contribution in [-0.4, -0.2) is 34.0 Å². The van der Waals surface area contributed by atoms with Crippen LogP contribution >= 0.6 is 11.3 Å². The van der Waals surface area contributed by atoms with E-state index in [0.717, 1.165) is 29.9 Å². The van der Waals surface area contributed by atoms with Crippen LogP contribution in [0.15, 0.2) is 48.5 Å². The Bertz CT molecular complexity index is 903. The predicted molar refractivity (Wildman–Crippen MR) is 105 cm³/mol. The molecule has 5 heteroatoms. The van der Waals surface area contributed by atoms with Gasteiger partial charge in [0, 0.05) is 6.54 Å². The number of likely N-dealkylation sites (tertiary alicyclic amines) is 1. The number of nitrogens with zero attached hydrogens (tertiary/aromatic N) is 2. The van der Waals surface area contributed by atoms with E-state index in [9.17, 15) is 9.90 Å². The van der Waals surface area contributed by atoms with Gasteiger partial charge in [0.25, 0.3) is 0 Å². The van der Waals surface area contributed by atoms with Gasteiger partial charge in [0.15, 0.2) is 0 Å². The quantitative estimate of drug-likeness (QED) is 0.739. The van der Waals surface area contributed by atoms with Crippen LogP contribution in [-0.2, 0) is 4.79 Å². The van der Waals surface area contributed by atoms with E-state index < -0.39 is 5.97 Å². The third kappa shape index (κ3) is 3.37. The number of aromatic nitrogens is 1. The van der Waals surface area contributed by atoms with Crippen molar-refractivity contribution in [2.75, 3.05) is 13.1 Å². The Labute approximate surface area is 157 Å². The van der Waals surface area contributed by atoms with Gasteiger partial charge in [-0.05, 0) is 44.0 Å². The second-order valence-electron chi connectivity index (χ2n) is 7.01. The highest BCUT2D eigenvalue weighted by molar-refractivity contribution is 7.18. The van der Waals surface area contributed by atoms with Crippen LogP contribution in [0.2, 0.25) is 0 Å². The summed E-state index contributed by atoms with van der Waals surface area (Å²) in [6, 6.07) is 16.7. The molecule has 2 atom stereocenters. The molecule has 4 rings (SSSR count). The Balaban J connectivity index is 1.77. The van der Waals surface area contributed by atoms with Crippen LogP contribution in [0.1, 0.15) is 35.0 Å². The highest BCUT2D eigenvalue weighted by atomic mass is 32.1. The first-order valence-electron chi connectivity index (χ1n) is 9.01. The fourth-order valence-electron chi connectivity index (χ4n) is 3.80. The number of aryl methyl sites for hydroxylation is 1. The number of para-hydroxylation sites is 1. The molecule has 0 spiro atoms. The number of fused-ring (bicyclic) bond motifs is 1. The van der Waals surface area contributed by atoms with Crippen molar-refractivity contribution in [2.45, 2.75) is 25.8 Å². The lowest BCUT2D eigenvalue weighted by molar-refractivity contribution is -0.143. The van der Waals surface area contributed by atoms with E-state index in [1.54, 1.807) is 11.3 Å². The van der Waals surface area contributed by atoms with Crippen molar-refractivity contribution in [3.8, 4) is 0 Å². The monoisotopic (exact) mass is 366 g/mol. The number of carboxylic acids is 1. The van der Waals surface area contributed by atoms with Gasteiger partial charge in [0.1, 0.15) is 5.01 Å². The summed E-state index contributed by atoms with van der Waals surface area (Å²) in [4.78, 5) is 18.7. The second kappa shape index (κ2) is 7.17. The van der Waals surface area contributed by atoms with Crippen molar-refractivity contribution in [1.29, 1.82) is 0 Å². The lowest BCUT2D eigenvalue weighted by atomic mass is 9.94. The van der Waals surface area contributed by atoms with Gasteiger partial charge in [-0.3, -0.25) is 9.69 Å². The number of benzene rings is 2. The molecule has 4 nitrogen and oxygen atoms in total. The van der Waals surface area contributed by atoms with Crippen LogP contribution in [0, 0.1) is 12.8 Å². The number of hydrogen-bond acceptors (Lipinski definition) is 4. The molecule has 1 aliphatic rings. The molecule has 26 heavy (non-hydrogen) atoms. The van der Waals surface area contributed by atoms with E-state index in [4.69, 9.17) is 4.98 Å². The zero-order chi connectivity index (χ0) is 18.1. The second-order valence-corrected chi connectivity index (χ2v) is 8.07. The first-order valence-corrected chi connectivity index (χ1v) is 9.82. The molecule has 1 aromatic heterocycles. The van der Waals surface area contributed by atoms with Gasteiger partial charge in [0.05, 0.1) is 22.2 Å². The van der Waals surface area contributed by atoms with Crippen molar-refractivity contribution in [3.05, 3.63) is 64.7 Å². The topological polar surface area (TPSA) is 53.4 Å². The number of carbonyl (C=O) groups is 1. The highest BCUT2D eigenvalue weighted by Gasteiger charge is 2.32. The van der Waals surface area contributed by atoms with E-state index in [0.29, 0.717) is 6.54 Å². The number of aliphatic carboxylic acids is 1. The Kier molecular flexibility index (Phi) is 4.74. The van der Waals surface area contributed by atoms with E-state index in [2.05, 4.69) is 42.2 Å². The molecule has 0 aliphatic carbocycles. The molecule has 2 aromatic carbocycles. The van der Waals surface area contributed by atoms with Crippen LogP contribution in [0.3, 0.4) is 0 Å². The Morgan fingerprint density at radius 2 is 2.12 bits per heavy atom. The van der Waals surface area contributed by atoms with Crippen LogP contribution in [0.5, 0.6) is 0 Å². The van der Waals surface area contributed by atoms with E-state index in [1.807, 2.05) is 18.2 Å². The van der Waals surface area contributed by atoms with Crippen molar-refractivity contribution in [3.63, 3.8) is 0 Å². The summed E-state index contributed by atoms with van der Waals surface area (Å²) >= 11 is 1.71. The van der Waals surface area contributed by atoms with Crippen molar-refractivity contribution >= 4 is 27.5 Å². The van der Waals surface area contributed by atoms with Crippen molar-refractivity contribution in [2.24, 2.45) is 5.92 Å². The van der Waals surface area contributed by atoms with E-state index in [-0.39, 0.29) is 12.0 Å². The maximum Gasteiger partial charge on any atom is 0.307 e. The molecule has 1 fully saturated rings. The van der Waals surface area contributed by atoms with Gasteiger partial charge in [-0.2, -0.15) is 0 Å². The number of carboxylic acid groups (broad SMARTS) is 1. The number of thiazole rings is 1. The van der Waals surface area contributed by atoms with E-state index in [1.165, 1.54) is 15.8 Å². The summed E-state index contributed by atoms with van der Waals surface area (Å²) in [5.74, 6) is -0.993. The third-order valence-electron chi connectivity index (χ3n) is 5.07. The molecule has 0 amide bonds. The third-order valence-corrected chi connectivity index (χ3v) is 6.16. The largest absolute Gasteiger partial charge is 0.481 e. The molecule has 1 aliphatic heterocycles. The van der Waals surface area contributed by atoms with Gasteiger partial charge < -0.3 is 5.11 Å². The van der Waals surface area contributed by atoms with Crippen molar-refractivity contribution in [1.82, 2.24) is 9.88 Å². The van der Waals surface area contributed by atoms with Gasteiger partial charge in [0.2, 0.25) is 0 Å². The summed E-state index contributed by atoms with van der Waals surface area (Å²) in [6.45, 7) is 3.57. The van der Waals surface area contributed by atoms with Crippen LogP contribution in [0.4, 0.5) is 0 Å². The SMILES string of the molecule is Cc1cccc(C(c2nc3ccccc3s2)N2CCCC(C(=O)O)C2)c1. The van der Waals surface area contributed by atoms with Gasteiger partial charge in [-0.25, -0.2) is 4.98 Å². The first kappa shape index (κ1) is 17.2. The van der Waals surface area contributed by atoms with Gasteiger partial charge >= 0.3 is 5.97 Å².